The van der Waals surface area contributed by atoms with E-state index in [0.717, 1.165) is 11.8 Å². The predicted octanol–water partition coefficient (Wildman–Crippen LogP) is 3.74. The number of rotatable bonds is 4. The molecule has 0 saturated heterocycles. The molecule has 0 amide bonds. The summed E-state index contributed by atoms with van der Waals surface area (Å²) >= 11 is 11.6. The molecule has 0 aromatic heterocycles. The molecule has 17 heavy (non-hydrogen) atoms. The van der Waals surface area contributed by atoms with Crippen molar-refractivity contribution in [3.8, 4) is 0 Å². The molecule has 1 atom stereocenters. The van der Waals surface area contributed by atoms with Crippen LogP contribution in [0, 0.1) is 0 Å². The number of carbonyl (C=O) groups is 1. The van der Waals surface area contributed by atoms with Crippen molar-refractivity contribution < 1.29 is 4.79 Å². The predicted molar refractivity (Wildman–Crippen MR) is 75.0 cm³/mol. The van der Waals surface area contributed by atoms with E-state index >= 15 is 0 Å². The van der Waals surface area contributed by atoms with Gasteiger partial charge in [-0.3, -0.25) is 0 Å². The van der Waals surface area contributed by atoms with Gasteiger partial charge in [0, 0.05) is 0 Å². The Kier molecular flexibility index (Phi) is 9.14. The van der Waals surface area contributed by atoms with Crippen molar-refractivity contribution in [3.63, 3.8) is 0 Å². The van der Waals surface area contributed by atoms with Gasteiger partial charge >= 0.3 is 0 Å². The van der Waals surface area contributed by atoms with E-state index in [2.05, 4.69) is 19.2 Å². The third kappa shape index (κ3) is 6.67. The Morgan fingerprint density at radius 3 is 2.29 bits per heavy atom. The van der Waals surface area contributed by atoms with Crippen LogP contribution in [0.2, 0.25) is 10.0 Å². The molecular weight excluding hydrogens is 257 g/mol. The Hall–Kier alpha value is -0.570. The van der Waals surface area contributed by atoms with Crippen LogP contribution in [-0.4, -0.2) is 19.4 Å². The van der Waals surface area contributed by atoms with Gasteiger partial charge in [0.25, 0.3) is 0 Å². The maximum atomic E-state index is 10.6. The largest absolute Gasteiger partial charge is 0.311 e. The summed E-state index contributed by atoms with van der Waals surface area (Å²) < 4.78 is 0. The quantitative estimate of drug-likeness (QED) is 0.849. The number of benzene rings is 1. The van der Waals surface area contributed by atoms with Gasteiger partial charge in [-0.25, -0.2) is 0 Å². The van der Waals surface area contributed by atoms with Crippen molar-refractivity contribution in [3.05, 3.63) is 33.8 Å². The minimum atomic E-state index is -0.174. The van der Waals surface area contributed by atoms with Crippen LogP contribution < -0.4 is 5.32 Å². The Morgan fingerprint density at radius 1 is 1.29 bits per heavy atom. The fourth-order valence-electron chi connectivity index (χ4n) is 1.14. The van der Waals surface area contributed by atoms with Gasteiger partial charge in [0.15, 0.2) is 0 Å². The third-order valence-corrected chi connectivity index (χ3v) is 2.71. The van der Waals surface area contributed by atoms with E-state index in [1.807, 2.05) is 6.07 Å². The molecule has 0 fully saturated rings. The van der Waals surface area contributed by atoms with Crippen LogP contribution >= 0.6 is 23.2 Å². The van der Waals surface area contributed by atoms with Gasteiger partial charge in [-0.05, 0) is 31.2 Å². The molecule has 0 spiro atoms. The van der Waals surface area contributed by atoms with E-state index in [1.165, 1.54) is 6.42 Å². The van der Waals surface area contributed by atoms with E-state index < -0.39 is 0 Å². The summed E-state index contributed by atoms with van der Waals surface area (Å²) in [5.41, 5.74) is 0.992. The Labute approximate surface area is 113 Å². The molecule has 1 aromatic rings. The normalized spacial score (nSPS) is 11.4. The van der Waals surface area contributed by atoms with Crippen molar-refractivity contribution in [2.24, 2.45) is 0 Å². The minimum absolute atomic E-state index is 0.174. The molecule has 1 aromatic carbocycles. The van der Waals surface area contributed by atoms with Crippen LogP contribution in [0.1, 0.15) is 25.8 Å². The maximum absolute atomic E-state index is 10.6. The van der Waals surface area contributed by atoms with Crippen molar-refractivity contribution >= 4 is 29.5 Å². The van der Waals surface area contributed by atoms with E-state index in [0.29, 0.717) is 16.5 Å². The number of halogens is 2. The average molecular weight is 276 g/mol. The summed E-state index contributed by atoms with van der Waals surface area (Å²) in [6.07, 6.45) is 2.75. The zero-order chi connectivity index (χ0) is 13.3. The van der Waals surface area contributed by atoms with Gasteiger partial charge in [0.2, 0.25) is 0 Å². The summed E-state index contributed by atoms with van der Waals surface area (Å²) in [6, 6.07) is 5.20. The highest BCUT2D eigenvalue weighted by atomic mass is 35.5. The van der Waals surface area contributed by atoms with Crippen molar-refractivity contribution in [2.45, 2.75) is 32.7 Å². The number of hydrogen-bond donors (Lipinski definition) is 1. The Bertz CT molecular complexity index is 342. The highest BCUT2D eigenvalue weighted by Crippen LogP contribution is 2.22. The molecule has 96 valence electrons. The number of aldehydes is 1. The zero-order valence-electron chi connectivity index (χ0n) is 10.5. The molecule has 0 aliphatic heterocycles. The molecule has 0 radical (unpaired) electrons. The summed E-state index contributed by atoms with van der Waals surface area (Å²) in [6.45, 7) is 4.25. The molecular formula is C13H19Cl2NO. The first-order valence-electron chi connectivity index (χ1n) is 5.65. The van der Waals surface area contributed by atoms with Crippen LogP contribution in [0.25, 0.3) is 0 Å². The SMILES string of the molecule is CCC.CNC(C=O)Cc1ccc(Cl)c(Cl)c1. The second-order valence-corrected chi connectivity index (χ2v) is 4.51. The van der Waals surface area contributed by atoms with Gasteiger partial charge in [0.1, 0.15) is 6.29 Å². The highest BCUT2D eigenvalue weighted by Gasteiger charge is 2.06. The van der Waals surface area contributed by atoms with Gasteiger partial charge in [-0.15, -0.1) is 0 Å². The first kappa shape index (κ1) is 16.4. The minimum Gasteiger partial charge on any atom is -0.311 e. The smallest absolute Gasteiger partial charge is 0.137 e. The Balaban J connectivity index is 0.000000770. The topological polar surface area (TPSA) is 29.1 Å². The Morgan fingerprint density at radius 2 is 1.88 bits per heavy atom. The molecule has 0 aliphatic rings. The van der Waals surface area contributed by atoms with Crippen LogP contribution in [0.5, 0.6) is 0 Å². The summed E-state index contributed by atoms with van der Waals surface area (Å²) in [5.74, 6) is 0. The van der Waals surface area contributed by atoms with Crippen molar-refractivity contribution in [1.82, 2.24) is 5.32 Å². The molecule has 4 heteroatoms. The molecule has 2 nitrogen and oxygen atoms in total. The molecule has 1 N–H and O–H groups in total. The van der Waals surface area contributed by atoms with Crippen LogP contribution in [0.3, 0.4) is 0 Å². The van der Waals surface area contributed by atoms with E-state index in [1.54, 1.807) is 19.2 Å². The monoisotopic (exact) mass is 275 g/mol. The second kappa shape index (κ2) is 9.46. The summed E-state index contributed by atoms with van der Waals surface area (Å²) in [5, 5.41) is 3.94. The number of likely N-dealkylation sites (N-methyl/N-ethyl adjacent to an activating group) is 1. The number of carbonyl (C=O) groups excluding carboxylic acids is 1. The molecule has 0 aliphatic carbocycles. The van der Waals surface area contributed by atoms with E-state index in [-0.39, 0.29) is 6.04 Å². The lowest BCUT2D eigenvalue weighted by atomic mass is 10.1. The van der Waals surface area contributed by atoms with Gasteiger partial charge in [-0.1, -0.05) is 49.5 Å². The molecule has 0 saturated carbocycles. The fraction of sp³-hybridized carbons (Fsp3) is 0.462. The lowest BCUT2D eigenvalue weighted by Crippen LogP contribution is -2.28. The van der Waals surface area contributed by atoms with Crippen LogP contribution in [-0.2, 0) is 11.2 Å². The first-order chi connectivity index (χ1) is 8.08. The lowest BCUT2D eigenvalue weighted by molar-refractivity contribution is -0.109. The standard InChI is InChI=1S/C10H11Cl2NO.C3H8/c1-13-8(6-14)4-7-2-3-9(11)10(12)5-7;1-3-2/h2-3,5-6,8,13H,4H2,1H3;3H2,1-2H3. The van der Waals surface area contributed by atoms with Gasteiger partial charge in [-0.2, -0.15) is 0 Å². The number of hydrogen-bond acceptors (Lipinski definition) is 2. The molecule has 0 heterocycles. The van der Waals surface area contributed by atoms with Crippen LogP contribution in [0.4, 0.5) is 0 Å². The molecule has 1 rings (SSSR count). The lowest BCUT2D eigenvalue weighted by Gasteiger charge is -2.09. The summed E-state index contributed by atoms with van der Waals surface area (Å²) in [4.78, 5) is 10.6. The van der Waals surface area contributed by atoms with Gasteiger partial charge < -0.3 is 10.1 Å². The summed E-state index contributed by atoms with van der Waals surface area (Å²) in [7, 11) is 1.75. The van der Waals surface area contributed by atoms with Crippen molar-refractivity contribution in [1.29, 1.82) is 0 Å². The average Bonchev–Trinajstić information content (AvgIpc) is 2.31. The third-order valence-electron chi connectivity index (χ3n) is 1.97. The number of nitrogens with one attached hydrogen (secondary N) is 1. The van der Waals surface area contributed by atoms with E-state index in [9.17, 15) is 4.79 Å². The van der Waals surface area contributed by atoms with E-state index in [4.69, 9.17) is 23.2 Å². The fourth-order valence-corrected chi connectivity index (χ4v) is 1.46. The molecule has 0 bridgehead atoms. The highest BCUT2D eigenvalue weighted by molar-refractivity contribution is 6.42. The van der Waals surface area contributed by atoms with Crippen LogP contribution in [0.15, 0.2) is 18.2 Å². The molecule has 1 unspecified atom stereocenters. The van der Waals surface area contributed by atoms with Crippen molar-refractivity contribution in [2.75, 3.05) is 7.05 Å². The first-order valence-corrected chi connectivity index (χ1v) is 6.41. The van der Waals surface area contributed by atoms with Gasteiger partial charge in [0.05, 0.1) is 16.1 Å². The maximum Gasteiger partial charge on any atom is 0.137 e. The zero-order valence-corrected chi connectivity index (χ0v) is 12.0. The second-order valence-electron chi connectivity index (χ2n) is 3.69.